The van der Waals surface area contributed by atoms with Gasteiger partial charge in [-0.15, -0.1) is 0 Å². The maximum atomic E-state index is 12.5. The van der Waals surface area contributed by atoms with Gasteiger partial charge in [0, 0.05) is 67.6 Å². The molecule has 10 nitrogen and oxygen atoms in total. The first-order valence-corrected chi connectivity index (χ1v) is 20.0. The van der Waals surface area contributed by atoms with Crippen molar-refractivity contribution in [1.82, 2.24) is 26.6 Å². The molecule has 2 aliphatic heterocycles. The van der Waals surface area contributed by atoms with E-state index < -0.39 is 0 Å². The number of rotatable bonds is 19. The van der Waals surface area contributed by atoms with E-state index in [0.717, 1.165) is 49.8 Å². The van der Waals surface area contributed by atoms with Crippen LogP contribution in [0.15, 0.2) is 48.5 Å². The van der Waals surface area contributed by atoms with Crippen molar-refractivity contribution < 1.29 is 19.1 Å². The van der Waals surface area contributed by atoms with Gasteiger partial charge in [-0.25, -0.2) is 4.79 Å². The van der Waals surface area contributed by atoms with E-state index in [4.69, 9.17) is 10.5 Å². The number of urea groups is 1. The third-order valence-corrected chi connectivity index (χ3v) is 12.2. The minimum absolute atomic E-state index is 0.0479. The fourth-order valence-corrected chi connectivity index (χ4v) is 9.18. The maximum Gasteiger partial charge on any atom is 0.315 e. The predicted molar refractivity (Wildman–Crippen MR) is 200 cm³/mol. The zero-order valence-corrected chi connectivity index (χ0v) is 30.1. The molecular formula is C39H56N6O4S. The lowest BCUT2D eigenvalue weighted by molar-refractivity contribution is -0.122. The number of amides is 4. The maximum absolute atomic E-state index is 12.5. The molecule has 0 aromatic heterocycles. The van der Waals surface area contributed by atoms with E-state index in [2.05, 4.69) is 75.1 Å². The van der Waals surface area contributed by atoms with Gasteiger partial charge in [-0.2, -0.15) is 11.8 Å². The van der Waals surface area contributed by atoms with Gasteiger partial charge in [-0.05, 0) is 80.0 Å². The molecule has 2 aromatic rings. The standard InChI is InChI=1S/C39H56N6O4S/c40-30-14-16-31(17-15-30)43-33-24-32(33)28-12-10-27(11-13-28)29-6-3-5-26(23-29)9-18-37(47)41-19-4-21-49-22-20-42-36(46)8-2-1-7-35-38-34(25-50-35)44-39(48)45-38/h3,5-6,10-13,23,30-35,38,43H,1-2,4,7-9,14-22,24-25,40H2,(H,41,47)(H,42,46)(H2,44,45,48)/t30-,31-,32-,33+,34-,35-,38-/m0/s1. The first-order valence-electron chi connectivity index (χ1n) is 18.9. The van der Waals surface area contributed by atoms with Crippen LogP contribution < -0.4 is 32.3 Å². The second-order valence-corrected chi connectivity index (χ2v) is 15.9. The molecule has 4 amide bonds. The number of ether oxygens (including phenoxy) is 1. The second-order valence-electron chi connectivity index (χ2n) is 14.6. The van der Waals surface area contributed by atoms with Crippen LogP contribution in [-0.2, 0) is 20.7 Å². The molecule has 6 rings (SSSR count). The topological polar surface area (TPSA) is 147 Å². The van der Waals surface area contributed by atoms with Crippen molar-refractivity contribution in [3.8, 4) is 11.1 Å². The van der Waals surface area contributed by atoms with E-state index in [0.29, 0.717) is 74.9 Å². The first-order chi connectivity index (χ1) is 24.4. The van der Waals surface area contributed by atoms with Crippen molar-refractivity contribution in [2.45, 2.75) is 118 Å². The molecule has 4 fully saturated rings. The summed E-state index contributed by atoms with van der Waals surface area (Å²) < 4.78 is 5.64. The lowest BCUT2D eigenvalue weighted by Crippen LogP contribution is -2.38. The van der Waals surface area contributed by atoms with E-state index in [1.54, 1.807) is 0 Å². The molecule has 2 saturated heterocycles. The van der Waals surface area contributed by atoms with Gasteiger partial charge >= 0.3 is 6.03 Å². The zero-order valence-electron chi connectivity index (χ0n) is 29.3. The lowest BCUT2D eigenvalue weighted by atomic mass is 9.91. The number of nitrogens with two attached hydrogens (primary N) is 1. The largest absolute Gasteiger partial charge is 0.380 e. The van der Waals surface area contributed by atoms with Gasteiger partial charge in [0.05, 0.1) is 18.7 Å². The number of hydrogen-bond donors (Lipinski definition) is 6. The highest BCUT2D eigenvalue weighted by molar-refractivity contribution is 8.00. The molecule has 5 atom stereocenters. The quantitative estimate of drug-likeness (QED) is 0.0941. The van der Waals surface area contributed by atoms with Crippen LogP contribution in [-0.4, -0.2) is 85.4 Å². The van der Waals surface area contributed by atoms with Crippen LogP contribution in [0.3, 0.4) is 0 Å². The van der Waals surface area contributed by atoms with E-state index in [1.807, 2.05) is 11.8 Å². The Hall–Kier alpha value is -3.12. The van der Waals surface area contributed by atoms with Crippen molar-refractivity contribution in [3.63, 3.8) is 0 Å². The van der Waals surface area contributed by atoms with Crippen molar-refractivity contribution >= 4 is 29.6 Å². The van der Waals surface area contributed by atoms with Gasteiger partial charge in [0.15, 0.2) is 0 Å². The van der Waals surface area contributed by atoms with E-state index in [1.165, 1.54) is 36.0 Å². The summed E-state index contributed by atoms with van der Waals surface area (Å²) in [6.45, 7) is 2.06. The highest BCUT2D eigenvalue weighted by atomic mass is 32.2. The Balaban J connectivity index is 0.772. The highest BCUT2D eigenvalue weighted by Crippen LogP contribution is 2.42. The van der Waals surface area contributed by atoms with E-state index >= 15 is 0 Å². The SMILES string of the molecule is N[C@H]1CC[C@H](N[C@@H]2C[C@H]2c2ccc(-c3cccc(CCC(=O)NCCCOCCNC(=O)CCCC[C@@H]4SC[C@@H]5NC(=O)N[C@@H]54)c3)cc2)CC1. The molecular weight excluding hydrogens is 649 g/mol. The highest BCUT2D eigenvalue weighted by Gasteiger charge is 2.42. The van der Waals surface area contributed by atoms with Gasteiger partial charge in [0.1, 0.15) is 0 Å². The number of carbonyl (C=O) groups is 3. The fraction of sp³-hybridized carbons (Fsp3) is 0.615. The van der Waals surface area contributed by atoms with Crippen molar-refractivity contribution in [2.75, 3.05) is 32.1 Å². The van der Waals surface area contributed by atoms with Crippen LogP contribution in [0, 0.1) is 0 Å². The third kappa shape index (κ3) is 10.9. The normalized spacial score (nSPS) is 26.9. The molecule has 0 unspecified atom stereocenters. The summed E-state index contributed by atoms with van der Waals surface area (Å²) in [7, 11) is 0. The van der Waals surface area contributed by atoms with Crippen LogP contribution >= 0.6 is 11.8 Å². The molecule has 11 heteroatoms. The summed E-state index contributed by atoms with van der Waals surface area (Å²) in [4.78, 5) is 36.1. The number of unbranched alkanes of at least 4 members (excludes halogenated alkanes) is 1. The molecule has 50 heavy (non-hydrogen) atoms. The Morgan fingerprint density at radius 3 is 2.52 bits per heavy atom. The number of carbonyl (C=O) groups excluding carboxylic acids is 3. The molecule has 0 bridgehead atoms. The minimum atomic E-state index is -0.0571. The van der Waals surface area contributed by atoms with Gasteiger partial charge in [-0.3, -0.25) is 9.59 Å². The van der Waals surface area contributed by atoms with Gasteiger partial charge in [0.25, 0.3) is 0 Å². The number of thioether (sulfide) groups is 1. The Morgan fingerprint density at radius 1 is 0.880 bits per heavy atom. The smallest absolute Gasteiger partial charge is 0.315 e. The summed E-state index contributed by atoms with van der Waals surface area (Å²) in [5, 5.41) is 16.2. The predicted octanol–water partition coefficient (Wildman–Crippen LogP) is 4.37. The number of nitrogens with one attached hydrogen (secondary N) is 5. The number of fused-ring (bicyclic) bond motifs is 1. The monoisotopic (exact) mass is 704 g/mol. The van der Waals surface area contributed by atoms with Gasteiger partial charge in [0.2, 0.25) is 11.8 Å². The molecule has 0 spiro atoms. The Morgan fingerprint density at radius 2 is 1.68 bits per heavy atom. The Labute approximate surface area is 301 Å². The van der Waals surface area contributed by atoms with Crippen LogP contribution in [0.4, 0.5) is 4.79 Å². The van der Waals surface area contributed by atoms with Crippen LogP contribution in [0.2, 0.25) is 0 Å². The average molecular weight is 705 g/mol. The molecule has 4 aliphatic rings. The summed E-state index contributed by atoms with van der Waals surface area (Å²) >= 11 is 1.91. The molecule has 272 valence electrons. The molecule has 7 N–H and O–H groups in total. The Bertz CT molecular complexity index is 1420. The van der Waals surface area contributed by atoms with E-state index in [-0.39, 0.29) is 29.9 Å². The number of hydrogen-bond acceptors (Lipinski definition) is 7. The molecule has 2 saturated carbocycles. The van der Waals surface area contributed by atoms with Gasteiger partial charge in [-0.1, -0.05) is 55.0 Å². The number of aryl methyl sites for hydroxylation is 1. The Kier molecular flexibility index (Phi) is 13.5. The van der Waals surface area contributed by atoms with Crippen molar-refractivity contribution in [2.24, 2.45) is 5.73 Å². The third-order valence-electron chi connectivity index (χ3n) is 10.7. The van der Waals surface area contributed by atoms with Crippen molar-refractivity contribution in [1.29, 1.82) is 0 Å². The summed E-state index contributed by atoms with van der Waals surface area (Å²) in [6.07, 6.45) is 11.1. The fourth-order valence-electron chi connectivity index (χ4n) is 7.64. The molecule has 2 aromatic carbocycles. The molecule has 0 radical (unpaired) electrons. The minimum Gasteiger partial charge on any atom is -0.380 e. The van der Waals surface area contributed by atoms with E-state index in [9.17, 15) is 14.4 Å². The molecule has 2 heterocycles. The van der Waals surface area contributed by atoms with Crippen molar-refractivity contribution in [3.05, 3.63) is 59.7 Å². The summed E-state index contributed by atoms with van der Waals surface area (Å²) in [5.41, 5.74) is 11.0. The van der Waals surface area contributed by atoms with Crippen LogP contribution in [0.5, 0.6) is 0 Å². The summed E-state index contributed by atoms with van der Waals surface area (Å²) in [5.74, 6) is 1.67. The lowest BCUT2D eigenvalue weighted by Gasteiger charge is -2.27. The summed E-state index contributed by atoms with van der Waals surface area (Å²) in [6, 6.07) is 19.6. The van der Waals surface area contributed by atoms with Gasteiger partial charge < -0.3 is 37.1 Å². The average Bonchev–Trinajstić information content (AvgIpc) is 3.65. The second kappa shape index (κ2) is 18.4. The first kappa shape index (κ1) is 36.7. The number of benzene rings is 2. The van der Waals surface area contributed by atoms with Crippen LogP contribution in [0.1, 0.15) is 87.7 Å². The molecule has 2 aliphatic carbocycles. The van der Waals surface area contributed by atoms with Crippen LogP contribution in [0.25, 0.3) is 11.1 Å². The zero-order chi connectivity index (χ0) is 34.7.